The lowest BCUT2D eigenvalue weighted by Crippen LogP contribution is -2.65. The summed E-state index contributed by atoms with van der Waals surface area (Å²) >= 11 is 0. The zero-order chi connectivity index (χ0) is 87.0. The molecule has 14 amide bonds. The van der Waals surface area contributed by atoms with E-state index < -0.39 is 229 Å². The van der Waals surface area contributed by atoms with Crippen molar-refractivity contribution in [3.63, 3.8) is 0 Å². The number of allylic oxidation sites excluding steroid dienone is 1. The fraction of sp³-hybridized carbons (Fsp3) is 0.772. The van der Waals surface area contributed by atoms with E-state index >= 15 is 9.59 Å². The molecule has 3 fully saturated rings. The summed E-state index contributed by atoms with van der Waals surface area (Å²) in [6.45, 7) is 24.7. The molecule has 0 aliphatic carbocycles. The van der Waals surface area contributed by atoms with Crippen molar-refractivity contribution in [2.75, 3.05) is 53.9 Å². The molecule has 36 nitrogen and oxygen atoms in total. The number of hydrogen-bond acceptors (Lipinski definition) is 20. The Labute approximate surface area is 678 Å². The molecule has 0 bridgehead atoms. The van der Waals surface area contributed by atoms with Gasteiger partial charge in [-0.25, -0.2) is 4.79 Å². The highest BCUT2D eigenvalue weighted by Gasteiger charge is 2.45. The van der Waals surface area contributed by atoms with Gasteiger partial charge in [0.05, 0.1) is 31.4 Å². The summed E-state index contributed by atoms with van der Waals surface area (Å²) in [6, 6.07) is -17.2. The van der Waals surface area contributed by atoms with E-state index in [1.807, 2.05) is 0 Å². The number of esters is 1. The van der Waals surface area contributed by atoms with Crippen molar-refractivity contribution in [3.8, 4) is 0 Å². The van der Waals surface area contributed by atoms with Crippen molar-refractivity contribution in [1.82, 2.24) is 83.4 Å². The van der Waals surface area contributed by atoms with Gasteiger partial charge in [0.1, 0.15) is 78.7 Å². The first-order chi connectivity index (χ1) is 54.0. The summed E-state index contributed by atoms with van der Waals surface area (Å²) in [7, 11) is 4.40. The third-order valence-corrected chi connectivity index (χ3v) is 21.5. The zero-order valence-corrected chi connectivity index (χ0v) is 71.5. The van der Waals surface area contributed by atoms with Gasteiger partial charge < -0.3 is 98.6 Å². The molecule has 3 aliphatic rings. The van der Waals surface area contributed by atoms with E-state index in [1.165, 1.54) is 74.4 Å². The number of ether oxygens (including phenoxy) is 1. The van der Waals surface area contributed by atoms with Gasteiger partial charge in [-0.1, -0.05) is 153 Å². The third kappa shape index (κ3) is 30.5. The number of amides is 14. The molecular formula is C79H137N17O19. The molecule has 36 heteroatoms. The first-order valence-electron chi connectivity index (χ1n) is 41.0. The summed E-state index contributed by atoms with van der Waals surface area (Å²) in [5.41, 5.74) is -0.541. The van der Waals surface area contributed by atoms with Gasteiger partial charge in [-0.2, -0.15) is 0 Å². The van der Waals surface area contributed by atoms with Crippen LogP contribution >= 0.6 is 0 Å². The molecule has 3 rings (SSSR count). The molecule has 0 spiro atoms. The van der Waals surface area contributed by atoms with Crippen LogP contribution in [-0.2, 0) is 76.7 Å². The molecule has 15 N–H and O–H groups in total. The molecule has 3 aliphatic heterocycles. The Hall–Kier alpha value is -9.06. The molecule has 3 heterocycles. The maximum atomic E-state index is 15.2. The van der Waals surface area contributed by atoms with Gasteiger partial charge in [-0.15, -0.1) is 0 Å². The highest BCUT2D eigenvalue weighted by Crippen LogP contribution is 2.25. The average molecular weight is 1630 g/mol. The standard InChI is InChI=1S/C79H137N17O19/c1-21-46(12)62(90-70(106)59(43(6)7)86-56(100)39-82-75(111)66(50(16)99)94(20)77(113)55-34-32-38-95(55)58(102)35-31-29-27-25-24-26-28-30-33-42(4)5)72(108)83-48(14)67(103)84-52(23-3)76(112)96-40-57(101)87-60(44(8)9)69(105)88-61(45(10)11)71(107)91-64(49(15)98)74(110)85-53(41-97)68(104)89-63(47(13)22-2)73(109)92-65(78(114)115-51(96)17)54-36-37-81-79(80-18)93(54)19/h23,42-51,53-55,59-66,97-99H,21-22,24-41H2,1-20H3,(H,80,81)(H,82,111)(H,83,108)(H,84,103)(H,85,110)(H,86,100)(H,87,101)(H,88,105)(H,89,104)(H,90,106)(H,91,107)(H,92,109)/b52-23-. The van der Waals surface area contributed by atoms with Crippen LogP contribution in [0, 0.1) is 35.5 Å². The Bertz CT molecular complexity index is 3370. The average Bonchev–Trinajstić information content (AvgIpc) is 1.80. The number of nitrogens with one attached hydrogen (secondary N) is 12. The second kappa shape index (κ2) is 49.1. The molecule has 115 heavy (non-hydrogen) atoms. The summed E-state index contributed by atoms with van der Waals surface area (Å²) in [5.74, 6) is -16.1. The maximum absolute atomic E-state index is 15.2. The number of aliphatic imine (C=N–C) groups is 1. The molecule has 0 aromatic heterocycles. The fourth-order valence-electron chi connectivity index (χ4n) is 13.8. The molecule has 0 radical (unpaired) electrons. The number of hydrogen-bond donors (Lipinski definition) is 15. The normalized spacial score (nSPS) is 23.9. The highest BCUT2D eigenvalue weighted by molar-refractivity contribution is 6.03. The number of likely N-dealkylation sites (N-methyl/N-ethyl adjacent to an activating group) is 2. The predicted molar refractivity (Wildman–Crippen MR) is 429 cm³/mol. The lowest BCUT2D eigenvalue weighted by Gasteiger charge is -2.40. The van der Waals surface area contributed by atoms with Crippen LogP contribution in [0.1, 0.15) is 214 Å². The summed E-state index contributed by atoms with van der Waals surface area (Å²) in [5, 5.41) is 63.3. The van der Waals surface area contributed by atoms with Crippen molar-refractivity contribution >= 4 is 94.6 Å². The van der Waals surface area contributed by atoms with Crippen LogP contribution in [0.5, 0.6) is 0 Å². The first kappa shape index (κ1) is 100. The topological polar surface area (TPSA) is 496 Å². The Morgan fingerprint density at radius 2 is 1.21 bits per heavy atom. The minimum atomic E-state index is -1.80. The SMILES string of the molecule is C/C=C(\NC(=O)C(C)NC(=O)C(NC(=O)C(NC(=O)CNC(=O)C(C(C)O)N(C)C(=O)C1CCCN1C(=O)CCCCCCCCCCC(C)C)C(C)C)C(C)CC)C(=O)N1CC(=O)NC(C(C)C)C(=O)NC(C(C)C)C(=O)NC(C(C)O)C(=O)NC(CO)C(=O)NC(C(C)CC)C(=O)NC(C2CCNC(=NC)N2C)C(=O)OC1C. The molecule has 0 saturated carbocycles. The number of guanidine groups is 1. The van der Waals surface area contributed by atoms with Gasteiger partial charge in [0, 0.05) is 40.7 Å². The van der Waals surface area contributed by atoms with E-state index in [9.17, 15) is 77.6 Å². The van der Waals surface area contributed by atoms with E-state index in [1.54, 1.807) is 86.1 Å². The van der Waals surface area contributed by atoms with E-state index in [-0.39, 0.29) is 37.7 Å². The molecule has 0 aromatic carbocycles. The minimum Gasteiger partial charge on any atom is -0.440 e. The highest BCUT2D eigenvalue weighted by atomic mass is 16.6. The van der Waals surface area contributed by atoms with Gasteiger partial charge in [-0.05, 0) is 95.8 Å². The Morgan fingerprint density at radius 1 is 0.652 bits per heavy atom. The lowest BCUT2D eigenvalue weighted by atomic mass is 9.96. The second-order valence-corrected chi connectivity index (χ2v) is 32.2. The molecule has 3 saturated heterocycles. The number of likely N-dealkylation sites (tertiary alicyclic amines) is 1. The number of aliphatic hydroxyl groups excluding tert-OH is 3. The first-order valence-corrected chi connectivity index (χ1v) is 41.0. The van der Waals surface area contributed by atoms with Crippen molar-refractivity contribution in [1.29, 1.82) is 0 Å². The second-order valence-electron chi connectivity index (χ2n) is 32.2. The number of carbonyl (C=O) groups excluding carboxylic acids is 15. The minimum absolute atomic E-state index is 0.141. The van der Waals surface area contributed by atoms with Gasteiger partial charge in [-0.3, -0.25) is 77.0 Å². The monoisotopic (exact) mass is 1630 g/mol. The number of unbranched alkanes of at least 4 members (excludes halogenated alkanes) is 7. The van der Waals surface area contributed by atoms with Crippen molar-refractivity contribution in [2.24, 2.45) is 40.5 Å². The van der Waals surface area contributed by atoms with E-state index in [2.05, 4.69) is 82.6 Å². The van der Waals surface area contributed by atoms with Crippen LogP contribution in [0.2, 0.25) is 0 Å². The smallest absolute Gasteiger partial charge is 0.332 e. The fourth-order valence-corrected chi connectivity index (χ4v) is 13.8. The van der Waals surface area contributed by atoms with Crippen LogP contribution in [0.15, 0.2) is 16.8 Å². The molecular weight excluding hydrogens is 1490 g/mol. The van der Waals surface area contributed by atoms with E-state index in [4.69, 9.17) is 4.74 Å². The lowest BCUT2D eigenvalue weighted by molar-refractivity contribution is -0.168. The Balaban J connectivity index is 1.94. The van der Waals surface area contributed by atoms with Crippen LogP contribution in [0.4, 0.5) is 0 Å². The van der Waals surface area contributed by atoms with Crippen LogP contribution in [0.3, 0.4) is 0 Å². The van der Waals surface area contributed by atoms with Crippen molar-refractivity contribution < 1.29 is 92.0 Å². The number of rotatable bonds is 35. The van der Waals surface area contributed by atoms with Crippen LogP contribution in [-0.4, -0.2) is 274 Å². The quantitative estimate of drug-likeness (QED) is 0.0220. The molecule has 652 valence electrons. The van der Waals surface area contributed by atoms with Gasteiger partial charge >= 0.3 is 5.97 Å². The molecule has 17 unspecified atom stereocenters. The summed E-state index contributed by atoms with van der Waals surface area (Å²) in [6.07, 6.45) is 7.92. The summed E-state index contributed by atoms with van der Waals surface area (Å²) in [4.78, 5) is 223. The number of carbonyl (C=O) groups is 15. The van der Waals surface area contributed by atoms with Crippen LogP contribution < -0.4 is 63.8 Å². The summed E-state index contributed by atoms with van der Waals surface area (Å²) < 4.78 is 6.07. The Morgan fingerprint density at radius 3 is 1.75 bits per heavy atom. The Kier molecular flexibility index (Phi) is 42.8. The van der Waals surface area contributed by atoms with Crippen LogP contribution in [0.25, 0.3) is 0 Å². The number of nitrogens with zero attached hydrogens (tertiary/aromatic N) is 5. The van der Waals surface area contributed by atoms with E-state index in [0.717, 1.165) is 41.6 Å². The largest absolute Gasteiger partial charge is 0.440 e. The zero-order valence-electron chi connectivity index (χ0n) is 71.5. The maximum Gasteiger partial charge on any atom is 0.332 e. The van der Waals surface area contributed by atoms with Crippen molar-refractivity contribution in [2.45, 2.75) is 305 Å². The third-order valence-electron chi connectivity index (χ3n) is 21.5. The molecule has 0 aromatic rings. The van der Waals surface area contributed by atoms with Crippen molar-refractivity contribution in [3.05, 3.63) is 11.8 Å². The number of aliphatic hydroxyl groups is 3. The number of cyclic esters (lactones) is 1. The van der Waals surface area contributed by atoms with Gasteiger partial charge in [0.25, 0.3) is 5.91 Å². The van der Waals surface area contributed by atoms with Gasteiger partial charge in [0.15, 0.2) is 12.2 Å². The van der Waals surface area contributed by atoms with Gasteiger partial charge in [0.2, 0.25) is 76.8 Å². The molecule has 17 atom stereocenters. The predicted octanol–water partition coefficient (Wildman–Crippen LogP) is -0.294. The van der Waals surface area contributed by atoms with E-state index in [0.29, 0.717) is 38.1 Å².